The molecule has 1 aromatic rings. The van der Waals surface area contributed by atoms with Gasteiger partial charge >= 0.3 is 5.97 Å². The van der Waals surface area contributed by atoms with E-state index in [1.54, 1.807) is 12.3 Å². The third-order valence-corrected chi connectivity index (χ3v) is 3.63. The first kappa shape index (κ1) is 13.8. The molecule has 0 amide bonds. The van der Waals surface area contributed by atoms with Crippen molar-refractivity contribution in [3.8, 4) is 0 Å². The van der Waals surface area contributed by atoms with Crippen molar-refractivity contribution in [2.75, 3.05) is 7.11 Å². The fourth-order valence-electron chi connectivity index (χ4n) is 2.23. The minimum absolute atomic E-state index is 0.103. The van der Waals surface area contributed by atoms with Crippen LogP contribution in [-0.2, 0) is 20.9 Å². The molecule has 1 heterocycles. The number of aromatic nitrogens is 1. The van der Waals surface area contributed by atoms with E-state index in [-0.39, 0.29) is 18.2 Å². The summed E-state index contributed by atoms with van der Waals surface area (Å²) >= 11 is 5.28. The largest absolute Gasteiger partial charge is 0.468 e. The number of rotatable bonds is 5. The maximum atomic E-state index is 11.9. The fraction of sp³-hybridized carbons (Fsp3) is 0.462. The Kier molecular flexibility index (Phi) is 4.04. The second-order valence-corrected chi connectivity index (χ2v) is 4.90. The average Bonchev–Trinajstić information content (AvgIpc) is 2.69. The van der Waals surface area contributed by atoms with Gasteiger partial charge in [0.05, 0.1) is 12.8 Å². The SMILES string of the molecule is COC(=O)Cn1ccc(C2CCC2)c1C(=O)C(=O)Cl. The van der Waals surface area contributed by atoms with Crippen molar-refractivity contribution in [1.82, 2.24) is 4.57 Å². The van der Waals surface area contributed by atoms with Gasteiger partial charge in [-0.1, -0.05) is 6.42 Å². The maximum absolute atomic E-state index is 11.9. The van der Waals surface area contributed by atoms with Crippen molar-refractivity contribution in [3.63, 3.8) is 0 Å². The zero-order valence-corrected chi connectivity index (χ0v) is 11.3. The van der Waals surface area contributed by atoms with Crippen LogP contribution in [0.15, 0.2) is 12.3 Å². The molecule has 6 heteroatoms. The van der Waals surface area contributed by atoms with Crippen LogP contribution in [0.2, 0.25) is 0 Å². The Morgan fingerprint density at radius 2 is 2.11 bits per heavy atom. The van der Waals surface area contributed by atoms with E-state index in [1.807, 2.05) is 0 Å². The van der Waals surface area contributed by atoms with Gasteiger partial charge in [0.25, 0.3) is 11.0 Å². The van der Waals surface area contributed by atoms with Crippen LogP contribution in [0.4, 0.5) is 0 Å². The van der Waals surface area contributed by atoms with Crippen LogP contribution in [0.3, 0.4) is 0 Å². The Bertz CT molecular complexity index is 531. The van der Waals surface area contributed by atoms with Crippen molar-refractivity contribution in [2.24, 2.45) is 0 Å². The molecule has 1 aliphatic rings. The number of carbonyl (C=O) groups excluding carboxylic acids is 3. The van der Waals surface area contributed by atoms with Gasteiger partial charge in [-0.15, -0.1) is 0 Å². The smallest absolute Gasteiger partial charge is 0.325 e. The molecule has 0 saturated heterocycles. The highest BCUT2D eigenvalue weighted by Crippen LogP contribution is 2.38. The van der Waals surface area contributed by atoms with Crippen LogP contribution in [0.25, 0.3) is 0 Å². The first-order chi connectivity index (χ1) is 9.04. The molecule has 5 nitrogen and oxygen atoms in total. The standard InChI is InChI=1S/C13H14ClNO4/c1-19-10(16)7-15-6-5-9(8-3-2-4-8)11(15)12(17)13(14)18/h5-6,8H,2-4,7H2,1H3. The molecule has 0 radical (unpaired) electrons. The van der Waals surface area contributed by atoms with Gasteiger partial charge in [-0.25, -0.2) is 0 Å². The molecular formula is C13H14ClNO4. The molecule has 2 rings (SSSR count). The molecule has 1 aliphatic carbocycles. The van der Waals surface area contributed by atoms with Crippen LogP contribution < -0.4 is 0 Å². The molecule has 0 atom stereocenters. The lowest BCUT2D eigenvalue weighted by Gasteiger charge is -2.25. The zero-order chi connectivity index (χ0) is 14.0. The van der Waals surface area contributed by atoms with Crippen LogP contribution in [0, 0.1) is 0 Å². The third-order valence-electron chi connectivity index (χ3n) is 3.46. The monoisotopic (exact) mass is 283 g/mol. The van der Waals surface area contributed by atoms with Gasteiger partial charge in [0.15, 0.2) is 0 Å². The minimum Gasteiger partial charge on any atom is -0.468 e. The van der Waals surface area contributed by atoms with E-state index in [9.17, 15) is 14.4 Å². The zero-order valence-electron chi connectivity index (χ0n) is 10.5. The first-order valence-corrected chi connectivity index (χ1v) is 6.42. The predicted molar refractivity (Wildman–Crippen MR) is 68.2 cm³/mol. The summed E-state index contributed by atoms with van der Waals surface area (Å²) < 4.78 is 6.00. The molecule has 19 heavy (non-hydrogen) atoms. The molecule has 1 aromatic heterocycles. The molecule has 1 saturated carbocycles. The van der Waals surface area contributed by atoms with Crippen molar-refractivity contribution in [2.45, 2.75) is 31.7 Å². The van der Waals surface area contributed by atoms with Gasteiger partial charge < -0.3 is 9.30 Å². The predicted octanol–water partition coefficient (Wildman–Crippen LogP) is 1.88. The summed E-state index contributed by atoms with van der Waals surface area (Å²) in [6.45, 7) is -0.103. The number of ketones is 1. The van der Waals surface area contributed by atoms with E-state index < -0.39 is 17.0 Å². The Hall–Kier alpha value is -1.62. The molecular weight excluding hydrogens is 270 g/mol. The van der Waals surface area contributed by atoms with Crippen molar-refractivity contribution in [3.05, 3.63) is 23.5 Å². The van der Waals surface area contributed by atoms with Crippen molar-refractivity contribution >= 4 is 28.6 Å². The average molecular weight is 284 g/mol. The summed E-state index contributed by atoms with van der Waals surface area (Å²) in [5, 5.41) is -1.04. The first-order valence-electron chi connectivity index (χ1n) is 6.04. The van der Waals surface area contributed by atoms with Crippen LogP contribution in [-0.4, -0.2) is 28.7 Å². The van der Waals surface area contributed by atoms with Gasteiger partial charge in [-0.2, -0.15) is 0 Å². The number of hydrogen-bond acceptors (Lipinski definition) is 4. The Morgan fingerprint density at radius 1 is 1.42 bits per heavy atom. The summed E-state index contributed by atoms with van der Waals surface area (Å²) in [7, 11) is 1.27. The number of carbonyl (C=O) groups is 3. The second-order valence-electron chi connectivity index (χ2n) is 4.55. The van der Waals surface area contributed by atoms with Crippen LogP contribution in [0.1, 0.15) is 41.2 Å². The topological polar surface area (TPSA) is 65.4 Å². The van der Waals surface area contributed by atoms with E-state index in [1.165, 1.54) is 11.7 Å². The lowest BCUT2D eigenvalue weighted by molar-refractivity contribution is -0.141. The van der Waals surface area contributed by atoms with Crippen molar-refractivity contribution in [1.29, 1.82) is 0 Å². The molecule has 0 spiro atoms. The Labute approximate surface area is 115 Å². The molecule has 0 N–H and O–H groups in total. The van der Waals surface area contributed by atoms with Gasteiger partial charge in [0.1, 0.15) is 6.54 Å². The minimum atomic E-state index is -1.04. The molecule has 0 unspecified atom stereocenters. The van der Waals surface area contributed by atoms with Crippen LogP contribution >= 0.6 is 11.6 Å². The second kappa shape index (κ2) is 5.57. The summed E-state index contributed by atoms with van der Waals surface area (Å²) in [5.41, 5.74) is 1.02. The highest BCUT2D eigenvalue weighted by molar-refractivity contribution is 6.83. The third kappa shape index (κ3) is 2.71. The number of ether oxygens (including phenoxy) is 1. The Morgan fingerprint density at radius 3 is 2.58 bits per heavy atom. The van der Waals surface area contributed by atoms with E-state index >= 15 is 0 Å². The summed E-state index contributed by atoms with van der Waals surface area (Å²) in [6, 6.07) is 1.78. The molecule has 0 bridgehead atoms. The van der Waals surface area contributed by atoms with Gasteiger partial charge in [0.2, 0.25) is 0 Å². The number of hydrogen-bond donors (Lipinski definition) is 0. The van der Waals surface area contributed by atoms with E-state index in [2.05, 4.69) is 4.74 Å². The number of Topliss-reactive ketones (excluding diaryl/α,β-unsaturated/α-hetero) is 1. The highest BCUT2D eigenvalue weighted by Gasteiger charge is 2.30. The van der Waals surface area contributed by atoms with E-state index in [0.717, 1.165) is 24.8 Å². The van der Waals surface area contributed by atoms with E-state index in [4.69, 9.17) is 11.6 Å². The van der Waals surface area contributed by atoms with Gasteiger partial charge in [0, 0.05) is 6.20 Å². The number of nitrogens with zero attached hydrogens (tertiary/aromatic N) is 1. The highest BCUT2D eigenvalue weighted by atomic mass is 35.5. The van der Waals surface area contributed by atoms with E-state index in [0.29, 0.717) is 0 Å². The quantitative estimate of drug-likeness (QED) is 0.358. The lowest BCUT2D eigenvalue weighted by Crippen LogP contribution is -2.22. The number of methoxy groups -OCH3 is 1. The van der Waals surface area contributed by atoms with Gasteiger partial charge in [-0.05, 0) is 42.0 Å². The fourth-order valence-corrected chi connectivity index (χ4v) is 2.32. The molecule has 1 fully saturated rings. The number of halogens is 1. The van der Waals surface area contributed by atoms with Crippen LogP contribution in [0.5, 0.6) is 0 Å². The van der Waals surface area contributed by atoms with Gasteiger partial charge in [-0.3, -0.25) is 14.4 Å². The van der Waals surface area contributed by atoms with Crippen molar-refractivity contribution < 1.29 is 19.1 Å². The molecule has 0 aromatic carbocycles. The summed E-state index contributed by atoms with van der Waals surface area (Å²) in [4.78, 5) is 34.3. The number of esters is 1. The lowest BCUT2D eigenvalue weighted by atomic mass is 9.79. The maximum Gasteiger partial charge on any atom is 0.325 e. The summed E-state index contributed by atoms with van der Waals surface area (Å²) in [6.07, 6.45) is 4.70. The normalized spacial score (nSPS) is 14.8. The Balaban J connectivity index is 2.37. The summed E-state index contributed by atoms with van der Waals surface area (Å²) in [5.74, 6) is -0.974. The molecule has 102 valence electrons. The molecule has 0 aliphatic heterocycles.